The molecule has 0 unspecified atom stereocenters. The number of primary amides is 1. The Hall–Kier alpha value is -4.41. The third-order valence-corrected chi connectivity index (χ3v) is 4.27. The SMILES string of the molecule is NC(=O)c1cc(COc2ccc(NC(=O)Nc3cccc4c3OC(F)(F)O4)cc2)ccn1. The smallest absolute Gasteiger partial charge is 0.489 e. The molecule has 0 bridgehead atoms. The van der Waals surface area contributed by atoms with Crippen LogP contribution in [0.3, 0.4) is 0 Å². The number of para-hydroxylation sites is 1. The third kappa shape index (κ3) is 4.83. The molecule has 0 saturated carbocycles. The zero-order valence-electron chi connectivity index (χ0n) is 16.3. The van der Waals surface area contributed by atoms with Gasteiger partial charge in [-0.15, -0.1) is 8.78 Å². The number of carbonyl (C=O) groups excluding carboxylic acids is 2. The molecule has 0 fully saturated rings. The summed E-state index contributed by atoms with van der Waals surface area (Å²) in [5.41, 5.74) is 6.52. The van der Waals surface area contributed by atoms with Crippen LogP contribution in [0.4, 0.5) is 25.0 Å². The van der Waals surface area contributed by atoms with Crippen molar-refractivity contribution in [2.45, 2.75) is 12.9 Å². The van der Waals surface area contributed by atoms with Gasteiger partial charge in [-0.05, 0) is 54.1 Å². The number of hydrogen-bond acceptors (Lipinski definition) is 6. The molecule has 3 amide bonds. The summed E-state index contributed by atoms with van der Waals surface area (Å²) in [6.07, 6.45) is -2.32. The van der Waals surface area contributed by atoms with Crippen molar-refractivity contribution in [2.75, 3.05) is 10.6 Å². The molecule has 1 aromatic heterocycles. The molecular weight excluding hydrogens is 426 g/mol. The van der Waals surface area contributed by atoms with Crippen LogP contribution in [0.1, 0.15) is 16.1 Å². The second-order valence-electron chi connectivity index (χ2n) is 6.61. The number of nitrogens with two attached hydrogens (primary N) is 1. The summed E-state index contributed by atoms with van der Waals surface area (Å²) in [5.74, 6) is -0.547. The van der Waals surface area contributed by atoms with Crippen LogP contribution in [0.25, 0.3) is 0 Å². The topological polar surface area (TPSA) is 125 Å². The fourth-order valence-electron chi connectivity index (χ4n) is 2.85. The first kappa shape index (κ1) is 20.8. The van der Waals surface area contributed by atoms with Gasteiger partial charge in [0.1, 0.15) is 18.1 Å². The highest BCUT2D eigenvalue weighted by atomic mass is 19.3. The van der Waals surface area contributed by atoms with Crippen molar-refractivity contribution in [3.8, 4) is 17.2 Å². The molecule has 2 aromatic carbocycles. The number of alkyl halides is 2. The largest absolute Gasteiger partial charge is 0.586 e. The first-order valence-electron chi connectivity index (χ1n) is 9.23. The second kappa shape index (κ2) is 8.38. The molecule has 0 spiro atoms. The predicted octanol–water partition coefficient (Wildman–Crippen LogP) is 3.73. The van der Waals surface area contributed by atoms with Gasteiger partial charge >= 0.3 is 12.3 Å². The molecule has 11 heteroatoms. The molecule has 0 radical (unpaired) electrons. The molecule has 4 N–H and O–H groups in total. The Labute approximate surface area is 180 Å². The lowest BCUT2D eigenvalue weighted by Crippen LogP contribution is -2.26. The molecule has 0 saturated heterocycles. The van der Waals surface area contributed by atoms with Gasteiger partial charge < -0.3 is 30.6 Å². The van der Waals surface area contributed by atoms with Gasteiger partial charge in [-0.2, -0.15) is 0 Å². The average molecular weight is 442 g/mol. The lowest BCUT2D eigenvalue weighted by molar-refractivity contribution is -0.286. The minimum absolute atomic E-state index is 0.0322. The number of fused-ring (bicyclic) bond motifs is 1. The second-order valence-corrected chi connectivity index (χ2v) is 6.61. The van der Waals surface area contributed by atoms with Crippen LogP contribution in [-0.4, -0.2) is 23.2 Å². The molecule has 0 atom stereocenters. The Balaban J connectivity index is 1.33. The van der Waals surface area contributed by atoms with Crippen molar-refractivity contribution < 1.29 is 32.6 Å². The van der Waals surface area contributed by atoms with E-state index in [9.17, 15) is 18.4 Å². The first-order chi connectivity index (χ1) is 15.3. The van der Waals surface area contributed by atoms with E-state index >= 15 is 0 Å². The highest BCUT2D eigenvalue weighted by Crippen LogP contribution is 2.45. The standard InChI is InChI=1S/C21H16F2N4O5/c22-21(23)31-17-3-1-2-15(18(17)32-21)27-20(29)26-13-4-6-14(7-5-13)30-11-12-8-9-25-16(10-12)19(24)28/h1-10H,11H2,(H2,24,28)(H2,26,27,29). The summed E-state index contributed by atoms with van der Waals surface area (Å²) in [4.78, 5) is 27.3. The molecule has 4 rings (SSSR count). The Morgan fingerprint density at radius 1 is 1.06 bits per heavy atom. The Morgan fingerprint density at radius 2 is 1.84 bits per heavy atom. The number of amides is 3. The molecule has 9 nitrogen and oxygen atoms in total. The monoisotopic (exact) mass is 442 g/mol. The van der Waals surface area contributed by atoms with Gasteiger partial charge in [0, 0.05) is 11.9 Å². The normalized spacial score (nSPS) is 13.3. The van der Waals surface area contributed by atoms with Crippen LogP contribution < -0.4 is 30.6 Å². The molecule has 3 aromatic rings. The number of ether oxygens (including phenoxy) is 3. The van der Waals surface area contributed by atoms with Crippen LogP contribution in [0, 0.1) is 0 Å². The molecular formula is C21H16F2N4O5. The van der Waals surface area contributed by atoms with Crippen LogP contribution in [0.15, 0.2) is 60.8 Å². The predicted molar refractivity (Wildman–Crippen MR) is 109 cm³/mol. The summed E-state index contributed by atoms with van der Waals surface area (Å²) in [6.45, 7) is 0.182. The van der Waals surface area contributed by atoms with Gasteiger partial charge in [0.15, 0.2) is 11.5 Å². The summed E-state index contributed by atoms with van der Waals surface area (Å²) >= 11 is 0. The zero-order chi connectivity index (χ0) is 22.7. The number of urea groups is 1. The van der Waals surface area contributed by atoms with Gasteiger partial charge in [0.25, 0.3) is 5.91 Å². The van der Waals surface area contributed by atoms with E-state index < -0.39 is 18.2 Å². The van der Waals surface area contributed by atoms with E-state index in [1.54, 1.807) is 30.3 Å². The minimum Gasteiger partial charge on any atom is -0.489 e. The van der Waals surface area contributed by atoms with Crippen molar-refractivity contribution in [1.82, 2.24) is 4.98 Å². The number of benzene rings is 2. The van der Waals surface area contributed by atoms with E-state index in [1.165, 1.54) is 30.5 Å². The van der Waals surface area contributed by atoms with Crippen molar-refractivity contribution in [3.63, 3.8) is 0 Å². The quantitative estimate of drug-likeness (QED) is 0.534. The fourth-order valence-corrected chi connectivity index (χ4v) is 2.85. The number of nitrogens with zero attached hydrogens (tertiary/aromatic N) is 1. The number of nitrogens with one attached hydrogen (secondary N) is 2. The third-order valence-electron chi connectivity index (χ3n) is 4.27. The Bertz CT molecular complexity index is 1170. The number of aromatic nitrogens is 1. The van der Waals surface area contributed by atoms with Crippen LogP contribution >= 0.6 is 0 Å². The number of pyridine rings is 1. The van der Waals surface area contributed by atoms with Crippen LogP contribution in [-0.2, 0) is 6.61 Å². The molecule has 1 aliphatic rings. The van der Waals surface area contributed by atoms with E-state index in [1.807, 2.05) is 0 Å². The maximum Gasteiger partial charge on any atom is 0.586 e. The van der Waals surface area contributed by atoms with E-state index in [0.29, 0.717) is 17.0 Å². The number of rotatable bonds is 6. The highest BCUT2D eigenvalue weighted by molar-refractivity contribution is 6.01. The molecule has 2 heterocycles. The van der Waals surface area contributed by atoms with Crippen molar-refractivity contribution >= 4 is 23.3 Å². The lowest BCUT2D eigenvalue weighted by atomic mass is 10.2. The summed E-state index contributed by atoms with van der Waals surface area (Å²) in [7, 11) is 0. The lowest BCUT2D eigenvalue weighted by Gasteiger charge is -2.11. The fraction of sp³-hybridized carbons (Fsp3) is 0.0952. The molecule has 0 aliphatic carbocycles. The molecule has 32 heavy (non-hydrogen) atoms. The van der Waals surface area contributed by atoms with Crippen LogP contribution in [0.5, 0.6) is 17.2 Å². The van der Waals surface area contributed by atoms with Gasteiger partial charge in [0.2, 0.25) is 0 Å². The highest BCUT2D eigenvalue weighted by Gasteiger charge is 2.44. The van der Waals surface area contributed by atoms with Gasteiger partial charge in [-0.1, -0.05) is 6.07 Å². The summed E-state index contributed by atoms with van der Waals surface area (Å²) < 4.78 is 40.9. The number of anilines is 2. The zero-order valence-corrected chi connectivity index (χ0v) is 16.3. The Morgan fingerprint density at radius 3 is 2.59 bits per heavy atom. The average Bonchev–Trinajstić information content (AvgIpc) is 3.08. The van der Waals surface area contributed by atoms with E-state index in [0.717, 1.165) is 0 Å². The Kier molecular flexibility index (Phi) is 5.46. The van der Waals surface area contributed by atoms with Crippen molar-refractivity contribution in [2.24, 2.45) is 5.73 Å². The number of carbonyl (C=O) groups is 2. The van der Waals surface area contributed by atoms with Crippen molar-refractivity contribution in [1.29, 1.82) is 0 Å². The van der Waals surface area contributed by atoms with E-state index in [2.05, 4.69) is 25.1 Å². The maximum atomic E-state index is 13.3. The minimum atomic E-state index is -3.79. The molecule has 164 valence electrons. The van der Waals surface area contributed by atoms with Gasteiger partial charge in [-0.25, -0.2) is 4.79 Å². The van der Waals surface area contributed by atoms with Crippen LogP contribution in [0.2, 0.25) is 0 Å². The van der Waals surface area contributed by atoms with E-state index in [-0.39, 0.29) is 29.5 Å². The molecule has 1 aliphatic heterocycles. The van der Waals surface area contributed by atoms with E-state index in [4.69, 9.17) is 10.5 Å². The van der Waals surface area contributed by atoms with Gasteiger partial charge in [0.05, 0.1) is 5.69 Å². The summed E-state index contributed by atoms with van der Waals surface area (Å²) in [5, 5.41) is 5.02. The summed E-state index contributed by atoms with van der Waals surface area (Å²) in [6, 6.07) is 13.2. The van der Waals surface area contributed by atoms with Gasteiger partial charge in [-0.3, -0.25) is 9.78 Å². The number of halogens is 2. The number of hydrogen-bond donors (Lipinski definition) is 3. The first-order valence-corrected chi connectivity index (χ1v) is 9.23. The maximum absolute atomic E-state index is 13.3. The van der Waals surface area contributed by atoms with Crippen molar-refractivity contribution in [3.05, 3.63) is 72.1 Å².